The van der Waals surface area contributed by atoms with Gasteiger partial charge in [-0.3, -0.25) is 0 Å². The molecule has 1 unspecified atom stereocenters. The Balaban J connectivity index is 1.94. The molecule has 2 rings (SSSR count). The van der Waals surface area contributed by atoms with E-state index in [1.807, 2.05) is 0 Å². The van der Waals surface area contributed by atoms with Crippen LogP contribution in [0.25, 0.3) is 0 Å². The number of likely N-dealkylation sites (tertiary alicyclic amines) is 1. The number of rotatable bonds is 3. The van der Waals surface area contributed by atoms with E-state index in [1.165, 1.54) is 18.3 Å². The fourth-order valence-corrected chi connectivity index (χ4v) is 2.01. The standard InChI is InChI=1S/C12H16N4O3/c13-5-8-3-4-16(7-8)12(19)15-9-1-2-10(11(17)18)14-6-9/h1-2,6,8H,3-5,7,13H2,(H,15,19)(H,17,18). The molecule has 2 amide bonds. The van der Waals surface area contributed by atoms with E-state index in [-0.39, 0.29) is 11.7 Å². The van der Waals surface area contributed by atoms with Crippen LogP contribution in [-0.2, 0) is 0 Å². The summed E-state index contributed by atoms with van der Waals surface area (Å²) in [6, 6.07) is 2.66. The van der Waals surface area contributed by atoms with Crippen molar-refractivity contribution in [1.29, 1.82) is 0 Å². The number of aromatic carboxylic acids is 1. The van der Waals surface area contributed by atoms with Crippen LogP contribution in [0.1, 0.15) is 16.9 Å². The van der Waals surface area contributed by atoms with Gasteiger partial charge in [0.05, 0.1) is 11.9 Å². The minimum atomic E-state index is -1.09. The largest absolute Gasteiger partial charge is 0.477 e. The van der Waals surface area contributed by atoms with E-state index in [4.69, 9.17) is 10.8 Å². The lowest BCUT2D eigenvalue weighted by Crippen LogP contribution is -2.33. The number of carbonyl (C=O) groups excluding carboxylic acids is 1. The van der Waals surface area contributed by atoms with Crippen LogP contribution in [0.4, 0.5) is 10.5 Å². The first-order valence-corrected chi connectivity index (χ1v) is 6.05. The molecule has 0 bridgehead atoms. The Kier molecular flexibility index (Phi) is 3.96. The third kappa shape index (κ3) is 3.19. The number of urea groups is 1. The van der Waals surface area contributed by atoms with Gasteiger partial charge < -0.3 is 21.1 Å². The lowest BCUT2D eigenvalue weighted by atomic mass is 10.1. The van der Waals surface area contributed by atoms with Gasteiger partial charge in [0.25, 0.3) is 0 Å². The van der Waals surface area contributed by atoms with Gasteiger partial charge in [0.2, 0.25) is 0 Å². The number of nitrogens with two attached hydrogens (primary N) is 1. The highest BCUT2D eigenvalue weighted by Crippen LogP contribution is 2.16. The van der Waals surface area contributed by atoms with Crippen molar-refractivity contribution in [3.8, 4) is 0 Å². The molecule has 7 nitrogen and oxygen atoms in total. The summed E-state index contributed by atoms with van der Waals surface area (Å²) in [5, 5.41) is 11.4. The summed E-state index contributed by atoms with van der Waals surface area (Å²) >= 11 is 0. The number of carboxylic acids is 1. The van der Waals surface area contributed by atoms with E-state index < -0.39 is 5.97 Å². The number of hydrogen-bond acceptors (Lipinski definition) is 4. The molecule has 0 aliphatic carbocycles. The highest BCUT2D eigenvalue weighted by molar-refractivity contribution is 5.90. The number of nitrogens with one attached hydrogen (secondary N) is 1. The topological polar surface area (TPSA) is 109 Å². The van der Waals surface area contributed by atoms with Gasteiger partial charge in [0.15, 0.2) is 0 Å². The van der Waals surface area contributed by atoms with Crippen molar-refractivity contribution in [2.24, 2.45) is 11.7 Å². The van der Waals surface area contributed by atoms with E-state index in [2.05, 4.69) is 10.3 Å². The van der Waals surface area contributed by atoms with Crippen LogP contribution in [0, 0.1) is 5.92 Å². The third-order valence-corrected chi connectivity index (χ3v) is 3.14. The Bertz CT molecular complexity index is 474. The predicted molar refractivity (Wildman–Crippen MR) is 68.9 cm³/mol. The quantitative estimate of drug-likeness (QED) is 0.740. The molecule has 4 N–H and O–H groups in total. The SMILES string of the molecule is NCC1CCN(C(=O)Nc2ccc(C(=O)O)nc2)C1. The van der Waals surface area contributed by atoms with Gasteiger partial charge in [-0.05, 0) is 31.0 Å². The van der Waals surface area contributed by atoms with E-state index in [0.29, 0.717) is 31.2 Å². The van der Waals surface area contributed by atoms with Crippen molar-refractivity contribution in [3.63, 3.8) is 0 Å². The fraction of sp³-hybridized carbons (Fsp3) is 0.417. The molecule has 1 aromatic rings. The summed E-state index contributed by atoms with van der Waals surface area (Å²) in [6.07, 6.45) is 2.25. The molecule has 0 saturated carbocycles. The second-order valence-electron chi connectivity index (χ2n) is 4.50. The van der Waals surface area contributed by atoms with Crippen LogP contribution in [0.3, 0.4) is 0 Å². The van der Waals surface area contributed by atoms with E-state index in [1.54, 1.807) is 4.90 Å². The molecule has 1 aromatic heterocycles. The molecule has 1 saturated heterocycles. The van der Waals surface area contributed by atoms with Gasteiger partial charge in [0, 0.05) is 13.1 Å². The second kappa shape index (κ2) is 5.66. The fourth-order valence-electron chi connectivity index (χ4n) is 2.01. The number of anilines is 1. The Hall–Kier alpha value is -2.15. The van der Waals surface area contributed by atoms with Gasteiger partial charge in [-0.15, -0.1) is 0 Å². The van der Waals surface area contributed by atoms with Crippen molar-refractivity contribution < 1.29 is 14.7 Å². The molecule has 1 aliphatic heterocycles. The molecule has 19 heavy (non-hydrogen) atoms. The van der Waals surface area contributed by atoms with Crippen molar-refractivity contribution >= 4 is 17.7 Å². The normalized spacial score (nSPS) is 18.4. The third-order valence-electron chi connectivity index (χ3n) is 3.14. The summed E-state index contributed by atoms with van der Waals surface area (Å²) in [5.74, 6) is -0.735. The number of amides is 2. The molecule has 102 valence electrons. The first-order chi connectivity index (χ1) is 9.10. The van der Waals surface area contributed by atoms with Gasteiger partial charge in [-0.25, -0.2) is 14.6 Å². The molecular weight excluding hydrogens is 248 g/mol. The molecule has 0 spiro atoms. The Morgan fingerprint density at radius 3 is 2.84 bits per heavy atom. The zero-order chi connectivity index (χ0) is 13.8. The molecule has 1 fully saturated rings. The van der Waals surface area contributed by atoms with E-state index in [0.717, 1.165) is 6.42 Å². The number of nitrogens with zero attached hydrogens (tertiary/aromatic N) is 2. The molecular formula is C12H16N4O3. The van der Waals surface area contributed by atoms with Crippen LogP contribution in [0.2, 0.25) is 0 Å². The number of pyridine rings is 1. The monoisotopic (exact) mass is 264 g/mol. The lowest BCUT2D eigenvalue weighted by Gasteiger charge is -2.17. The average molecular weight is 264 g/mol. The zero-order valence-electron chi connectivity index (χ0n) is 10.4. The maximum atomic E-state index is 11.9. The smallest absolute Gasteiger partial charge is 0.354 e. The van der Waals surface area contributed by atoms with Crippen LogP contribution in [0.5, 0.6) is 0 Å². The zero-order valence-corrected chi connectivity index (χ0v) is 10.4. The first-order valence-electron chi connectivity index (χ1n) is 6.05. The second-order valence-corrected chi connectivity index (χ2v) is 4.50. The average Bonchev–Trinajstić information content (AvgIpc) is 2.88. The highest BCUT2D eigenvalue weighted by Gasteiger charge is 2.25. The minimum Gasteiger partial charge on any atom is -0.477 e. The maximum Gasteiger partial charge on any atom is 0.354 e. The maximum absolute atomic E-state index is 11.9. The van der Waals surface area contributed by atoms with Crippen LogP contribution < -0.4 is 11.1 Å². The predicted octanol–water partition coefficient (Wildman–Crippen LogP) is 0.592. The Labute approximate surface area is 110 Å². The van der Waals surface area contributed by atoms with Crippen LogP contribution >= 0.6 is 0 Å². The Morgan fingerprint density at radius 2 is 2.32 bits per heavy atom. The van der Waals surface area contributed by atoms with E-state index in [9.17, 15) is 9.59 Å². The van der Waals surface area contributed by atoms with Crippen molar-refractivity contribution in [2.75, 3.05) is 25.0 Å². The van der Waals surface area contributed by atoms with Crippen LogP contribution in [-0.4, -0.2) is 46.6 Å². The molecule has 2 heterocycles. The summed E-state index contributed by atoms with van der Waals surface area (Å²) < 4.78 is 0. The molecule has 0 radical (unpaired) electrons. The highest BCUT2D eigenvalue weighted by atomic mass is 16.4. The number of carbonyl (C=O) groups is 2. The van der Waals surface area contributed by atoms with Gasteiger partial charge in [-0.1, -0.05) is 0 Å². The summed E-state index contributed by atoms with van der Waals surface area (Å²) in [7, 11) is 0. The van der Waals surface area contributed by atoms with Gasteiger partial charge in [-0.2, -0.15) is 0 Å². The molecule has 1 aliphatic rings. The van der Waals surface area contributed by atoms with Crippen molar-refractivity contribution in [3.05, 3.63) is 24.0 Å². The summed E-state index contributed by atoms with van der Waals surface area (Å²) in [5.41, 5.74) is 5.99. The summed E-state index contributed by atoms with van der Waals surface area (Å²) in [6.45, 7) is 1.93. The lowest BCUT2D eigenvalue weighted by molar-refractivity contribution is 0.0690. The molecule has 1 atom stereocenters. The number of aromatic nitrogens is 1. The summed E-state index contributed by atoms with van der Waals surface area (Å²) in [4.78, 5) is 28.0. The van der Waals surface area contributed by atoms with Crippen molar-refractivity contribution in [1.82, 2.24) is 9.88 Å². The van der Waals surface area contributed by atoms with E-state index >= 15 is 0 Å². The number of carboxylic acid groups (broad SMARTS) is 1. The van der Waals surface area contributed by atoms with Gasteiger partial charge in [0.1, 0.15) is 5.69 Å². The first kappa shape index (κ1) is 13.3. The van der Waals surface area contributed by atoms with Crippen molar-refractivity contribution in [2.45, 2.75) is 6.42 Å². The Morgan fingerprint density at radius 1 is 1.53 bits per heavy atom. The van der Waals surface area contributed by atoms with Crippen LogP contribution in [0.15, 0.2) is 18.3 Å². The van der Waals surface area contributed by atoms with Gasteiger partial charge >= 0.3 is 12.0 Å². The number of hydrogen-bond donors (Lipinski definition) is 3. The minimum absolute atomic E-state index is 0.0534. The molecule has 0 aromatic carbocycles. The molecule has 7 heteroatoms.